The third-order valence-electron chi connectivity index (χ3n) is 3.40. The van der Waals surface area contributed by atoms with Crippen LogP contribution in [0, 0.1) is 5.95 Å². The molecule has 1 unspecified atom stereocenters. The van der Waals surface area contributed by atoms with Crippen molar-refractivity contribution in [1.29, 1.82) is 0 Å². The van der Waals surface area contributed by atoms with Gasteiger partial charge in [0.05, 0.1) is 11.7 Å². The Bertz CT molecular complexity index is 933. The van der Waals surface area contributed by atoms with Crippen LogP contribution < -0.4 is 11.0 Å². The molecule has 0 aliphatic carbocycles. The molecule has 0 aliphatic heterocycles. The van der Waals surface area contributed by atoms with Gasteiger partial charge in [0.1, 0.15) is 11.5 Å². The first-order valence-electron chi connectivity index (χ1n) is 6.84. The molecule has 0 saturated heterocycles. The summed E-state index contributed by atoms with van der Waals surface area (Å²) in [5.74, 6) is -0.554. The molecule has 0 spiro atoms. The highest BCUT2D eigenvalue weighted by molar-refractivity contribution is 5.65. The topological polar surface area (TPSA) is 88.6 Å². The summed E-state index contributed by atoms with van der Waals surface area (Å²) in [5, 5.41) is 11.2. The molecule has 7 nitrogen and oxygen atoms in total. The van der Waals surface area contributed by atoms with Crippen molar-refractivity contribution in [1.82, 2.24) is 19.3 Å². The van der Waals surface area contributed by atoms with Crippen molar-refractivity contribution in [2.45, 2.75) is 13.0 Å². The Morgan fingerprint density at radius 1 is 1.26 bits per heavy atom. The molecule has 0 radical (unpaired) electrons. The van der Waals surface area contributed by atoms with Crippen molar-refractivity contribution in [3.63, 3.8) is 0 Å². The number of amides is 1. The van der Waals surface area contributed by atoms with Gasteiger partial charge in [0.25, 0.3) is 0 Å². The first kappa shape index (κ1) is 14.8. The minimum absolute atomic E-state index is 0.119. The molecule has 0 fully saturated rings. The van der Waals surface area contributed by atoms with E-state index in [1.165, 1.54) is 10.6 Å². The van der Waals surface area contributed by atoms with E-state index in [0.717, 1.165) is 10.5 Å². The summed E-state index contributed by atoms with van der Waals surface area (Å²) >= 11 is 0. The molecule has 1 aromatic carbocycles. The predicted molar refractivity (Wildman–Crippen MR) is 80.3 cm³/mol. The second-order valence-corrected chi connectivity index (χ2v) is 4.94. The third kappa shape index (κ3) is 2.54. The van der Waals surface area contributed by atoms with Gasteiger partial charge in [-0.05, 0) is 31.2 Å². The van der Waals surface area contributed by atoms with E-state index in [1.807, 2.05) is 0 Å². The van der Waals surface area contributed by atoms with Gasteiger partial charge >= 0.3 is 11.8 Å². The van der Waals surface area contributed by atoms with E-state index in [2.05, 4.69) is 10.3 Å². The Balaban J connectivity index is 2.33. The fourth-order valence-electron chi connectivity index (χ4n) is 2.40. The Kier molecular flexibility index (Phi) is 3.57. The average Bonchev–Trinajstić information content (AvgIpc) is 2.89. The first-order chi connectivity index (χ1) is 11.0. The zero-order valence-electron chi connectivity index (χ0n) is 12.1. The van der Waals surface area contributed by atoms with Crippen LogP contribution in [-0.4, -0.2) is 25.2 Å². The molecule has 2 heterocycles. The Labute approximate surface area is 129 Å². The summed E-state index contributed by atoms with van der Waals surface area (Å²) < 4.78 is 15.9. The molecule has 8 heteroatoms. The van der Waals surface area contributed by atoms with Gasteiger partial charge in [0.15, 0.2) is 0 Å². The molecule has 23 heavy (non-hydrogen) atoms. The maximum Gasteiger partial charge on any atom is 0.405 e. The van der Waals surface area contributed by atoms with Crippen molar-refractivity contribution in [2.75, 3.05) is 0 Å². The molecule has 118 valence electrons. The predicted octanol–water partition coefficient (Wildman–Crippen LogP) is 1.95. The van der Waals surface area contributed by atoms with Crippen LogP contribution in [0.1, 0.15) is 18.8 Å². The van der Waals surface area contributed by atoms with Gasteiger partial charge < -0.3 is 10.4 Å². The molecule has 0 aliphatic rings. The summed E-state index contributed by atoms with van der Waals surface area (Å²) in [6.45, 7) is 1.56. The number of carbonyl (C=O) groups is 1. The number of halogens is 1. The van der Waals surface area contributed by atoms with Gasteiger partial charge in [0.2, 0.25) is 5.95 Å². The fourth-order valence-corrected chi connectivity index (χ4v) is 2.40. The Morgan fingerprint density at radius 3 is 2.61 bits per heavy atom. The van der Waals surface area contributed by atoms with Crippen LogP contribution in [0.4, 0.5) is 9.18 Å². The number of rotatable bonds is 3. The van der Waals surface area contributed by atoms with Gasteiger partial charge in [-0.15, -0.1) is 0 Å². The molecular formula is C15H13FN4O3. The standard InChI is InChI=1S/C15H13FN4O3/c1-9(17-14(21)22)13-18-12-8-7-11(16)20(12)15(23)19(13)10-5-3-2-4-6-10/h2-9,17H,1H3,(H,21,22). The lowest BCUT2D eigenvalue weighted by Gasteiger charge is -2.17. The number of fused-ring (bicyclic) bond motifs is 1. The summed E-state index contributed by atoms with van der Waals surface area (Å²) in [7, 11) is 0. The van der Waals surface area contributed by atoms with E-state index < -0.39 is 23.8 Å². The molecule has 2 aromatic heterocycles. The first-order valence-corrected chi connectivity index (χ1v) is 6.84. The highest BCUT2D eigenvalue weighted by Crippen LogP contribution is 2.16. The van der Waals surface area contributed by atoms with E-state index in [4.69, 9.17) is 5.11 Å². The zero-order valence-corrected chi connectivity index (χ0v) is 12.1. The van der Waals surface area contributed by atoms with Crippen LogP contribution >= 0.6 is 0 Å². The van der Waals surface area contributed by atoms with E-state index in [-0.39, 0.29) is 11.5 Å². The normalized spacial score (nSPS) is 12.3. The smallest absolute Gasteiger partial charge is 0.405 e. The third-order valence-corrected chi connectivity index (χ3v) is 3.40. The number of nitrogens with one attached hydrogen (secondary N) is 1. The monoisotopic (exact) mass is 316 g/mol. The fraction of sp³-hybridized carbons (Fsp3) is 0.133. The largest absolute Gasteiger partial charge is 0.465 e. The SMILES string of the molecule is CC(NC(=O)O)c1nc2ccc(F)n2c(=O)n1-c1ccccc1. The Morgan fingerprint density at radius 2 is 1.96 bits per heavy atom. The lowest BCUT2D eigenvalue weighted by atomic mass is 10.2. The molecule has 2 N–H and O–H groups in total. The van der Waals surface area contributed by atoms with Crippen LogP contribution in [0.3, 0.4) is 0 Å². The number of para-hydroxylation sites is 1. The van der Waals surface area contributed by atoms with Crippen molar-refractivity contribution >= 4 is 11.7 Å². The molecule has 3 rings (SSSR count). The Hall–Kier alpha value is -3.16. The van der Waals surface area contributed by atoms with Crippen LogP contribution in [0.5, 0.6) is 0 Å². The molecule has 1 atom stereocenters. The molecule has 0 bridgehead atoms. The van der Waals surface area contributed by atoms with E-state index in [0.29, 0.717) is 5.69 Å². The molecule has 3 aromatic rings. The number of benzene rings is 1. The van der Waals surface area contributed by atoms with Crippen molar-refractivity contribution in [2.24, 2.45) is 0 Å². The summed E-state index contributed by atoms with van der Waals surface area (Å²) in [6.07, 6.45) is -1.24. The van der Waals surface area contributed by atoms with Crippen molar-refractivity contribution in [3.8, 4) is 5.69 Å². The maximum atomic E-state index is 13.8. The van der Waals surface area contributed by atoms with Gasteiger partial charge in [-0.25, -0.2) is 23.5 Å². The van der Waals surface area contributed by atoms with E-state index in [1.54, 1.807) is 37.3 Å². The van der Waals surface area contributed by atoms with Gasteiger partial charge in [-0.1, -0.05) is 18.2 Å². The van der Waals surface area contributed by atoms with Gasteiger partial charge in [-0.3, -0.25) is 0 Å². The zero-order chi connectivity index (χ0) is 16.6. The summed E-state index contributed by atoms with van der Waals surface area (Å²) in [6, 6.07) is 10.3. The minimum Gasteiger partial charge on any atom is -0.465 e. The van der Waals surface area contributed by atoms with Crippen LogP contribution in [0.15, 0.2) is 47.3 Å². The van der Waals surface area contributed by atoms with E-state index >= 15 is 0 Å². The second kappa shape index (κ2) is 5.56. The molecule has 1 amide bonds. The average molecular weight is 316 g/mol. The summed E-state index contributed by atoms with van der Waals surface area (Å²) in [5.41, 5.74) is -0.0690. The second-order valence-electron chi connectivity index (χ2n) is 4.94. The quantitative estimate of drug-likeness (QED) is 0.773. The van der Waals surface area contributed by atoms with Crippen molar-refractivity contribution in [3.05, 3.63) is 64.7 Å². The lowest BCUT2D eigenvalue weighted by Crippen LogP contribution is -2.35. The number of hydrogen-bond donors (Lipinski definition) is 2. The van der Waals surface area contributed by atoms with Crippen LogP contribution in [0.25, 0.3) is 11.3 Å². The lowest BCUT2D eigenvalue weighted by molar-refractivity contribution is 0.190. The highest BCUT2D eigenvalue weighted by atomic mass is 19.1. The molecular weight excluding hydrogens is 303 g/mol. The van der Waals surface area contributed by atoms with Gasteiger partial charge in [0, 0.05) is 0 Å². The van der Waals surface area contributed by atoms with E-state index in [9.17, 15) is 14.0 Å². The number of nitrogens with zero attached hydrogens (tertiary/aromatic N) is 3. The van der Waals surface area contributed by atoms with Crippen molar-refractivity contribution < 1.29 is 14.3 Å². The maximum absolute atomic E-state index is 13.8. The van der Waals surface area contributed by atoms with Crippen LogP contribution in [0.2, 0.25) is 0 Å². The van der Waals surface area contributed by atoms with Gasteiger partial charge in [-0.2, -0.15) is 4.39 Å². The highest BCUT2D eigenvalue weighted by Gasteiger charge is 2.20. The van der Waals surface area contributed by atoms with Crippen LogP contribution in [-0.2, 0) is 0 Å². The number of aromatic nitrogens is 3. The minimum atomic E-state index is -1.24. The number of carboxylic acid groups (broad SMARTS) is 1. The summed E-state index contributed by atoms with van der Waals surface area (Å²) in [4.78, 5) is 27.8. The number of hydrogen-bond acceptors (Lipinski definition) is 3. The molecule has 0 saturated carbocycles.